The van der Waals surface area contributed by atoms with Crippen molar-refractivity contribution in [1.29, 1.82) is 0 Å². The Morgan fingerprint density at radius 2 is 1.37 bits per heavy atom. The van der Waals surface area contributed by atoms with Gasteiger partial charge in [-0.1, -0.05) is 69.7 Å². The third-order valence-electron chi connectivity index (χ3n) is 4.63. The monoisotopic (exact) mass is 268 g/mol. The number of hydrogen-bond donors (Lipinski definition) is 0. The van der Waals surface area contributed by atoms with E-state index in [1.165, 1.54) is 25.7 Å². The van der Waals surface area contributed by atoms with Crippen molar-refractivity contribution in [2.45, 2.75) is 95.4 Å². The van der Waals surface area contributed by atoms with E-state index in [4.69, 9.17) is 0 Å². The van der Waals surface area contributed by atoms with Crippen LogP contribution in [0.3, 0.4) is 0 Å². The van der Waals surface area contributed by atoms with Gasteiger partial charge < -0.3 is 0 Å². The van der Waals surface area contributed by atoms with Gasteiger partial charge in [0.05, 0.1) is 0 Å². The van der Waals surface area contributed by atoms with Crippen LogP contribution in [0.25, 0.3) is 0 Å². The molecule has 1 saturated carbocycles. The van der Waals surface area contributed by atoms with Crippen LogP contribution in [0.4, 0.5) is 0 Å². The summed E-state index contributed by atoms with van der Waals surface area (Å²) < 4.78 is 0. The van der Waals surface area contributed by atoms with E-state index in [1.807, 2.05) is 0 Å². The Balaban J connectivity index is 0.00000324. The lowest BCUT2D eigenvalue weighted by Crippen LogP contribution is -2.41. The van der Waals surface area contributed by atoms with E-state index in [2.05, 4.69) is 62.3 Å². The van der Waals surface area contributed by atoms with Crippen LogP contribution in [0.2, 0.25) is 0 Å². The molecule has 0 aliphatic heterocycles. The molecule has 0 saturated heterocycles. The first-order chi connectivity index (χ1) is 7.73. The van der Waals surface area contributed by atoms with Gasteiger partial charge in [0.15, 0.2) is 0 Å². The van der Waals surface area contributed by atoms with E-state index >= 15 is 0 Å². The minimum absolute atomic E-state index is 0. The molecule has 1 aliphatic carbocycles. The third kappa shape index (κ3) is 5.88. The van der Waals surface area contributed by atoms with Gasteiger partial charge in [-0.05, 0) is 53.3 Å². The fraction of sp³-hybridized carbons (Fsp3) is 1.00. The van der Waals surface area contributed by atoms with E-state index in [0.717, 1.165) is 5.92 Å². The summed E-state index contributed by atoms with van der Waals surface area (Å²) >= 11 is 0. The molecule has 0 nitrogen and oxygen atoms in total. The van der Waals surface area contributed by atoms with Gasteiger partial charge in [0.2, 0.25) is 0 Å². The molecule has 0 aromatic carbocycles. The maximum Gasteiger partial charge on any atom is -0.0313 e. The Morgan fingerprint density at radius 3 is 1.74 bits per heavy atom. The number of rotatable bonds is 1. The first kappa shape index (κ1) is 19.0. The molecule has 1 aliphatic rings. The second kappa shape index (κ2) is 5.41. The Labute approximate surface area is 123 Å². The average Bonchev–Trinajstić information content (AvgIpc) is 1.91. The fourth-order valence-corrected chi connectivity index (χ4v) is 4.66. The molecular weight excluding hydrogens is 228 g/mol. The summed E-state index contributed by atoms with van der Waals surface area (Å²) in [5.41, 5.74) is 1.94. The maximum atomic E-state index is 2.54. The van der Waals surface area contributed by atoms with E-state index in [9.17, 15) is 0 Å². The zero-order chi connectivity index (χ0) is 14.4. The fourth-order valence-electron chi connectivity index (χ4n) is 4.66. The van der Waals surface area contributed by atoms with E-state index in [1.54, 1.807) is 0 Å². The van der Waals surface area contributed by atoms with Crippen molar-refractivity contribution in [3.8, 4) is 0 Å². The second-order valence-electron chi connectivity index (χ2n) is 10.4. The van der Waals surface area contributed by atoms with E-state index in [-0.39, 0.29) is 7.43 Å². The van der Waals surface area contributed by atoms with Crippen LogP contribution in [-0.2, 0) is 0 Å². The van der Waals surface area contributed by atoms with Gasteiger partial charge in [-0.15, -0.1) is 0 Å². The lowest BCUT2D eigenvalue weighted by atomic mass is 9.53. The molecule has 19 heavy (non-hydrogen) atoms. The molecule has 0 heteroatoms. The van der Waals surface area contributed by atoms with Gasteiger partial charge in [-0.2, -0.15) is 0 Å². The summed E-state index contributed by atoms with van der Waals surface area (Å²) in [6, 6.07) is 0. The highest BCUT2D eigenvalue weighted by Crippen LogP contribution is 2.56. The zero-order valence-electron chi connectivity index (χ0n) is 14.4. The third-order valence-corrected chi connectivity index (χ3v) is 4.63. The van der Waals surface area contributed by atoms with Gasteiger partial charge >= 0.3 is 0 Å². The van der Waals surface area contributed by atoms with E-state index in [0.29, 0.717) is 21.7 Å². The largest absolute Gasteiger partial charge is 0.0776 e. The zero-order valence-corrected chi connectivity index (χ0v) is 14.4. The average molecular weight is 269 g/mol. The summed E-state index contributed by atoms with van der Waals surface area (Å²) in [6.07, 6.45) is 5.56. The summed E-state index contributed by atoms with van der Waals surface area (Å²) in [5, 5.41) is 0. The number of hydrogen-bond acceptors (Lipinski definition) is 0. The molecule has 116 valence electrons. The minimum atomic E-state index is 0. The first-order valence-electron chi connectivity index (χ1n) is 7.73. The second-order valence-corrected chi connectivity index (χ2v) is 10.4. The Morgan fingerprint density at radius 1 is 0.895 bits per heavy atom. The van der Waals surface area contributed by atoms with Crippen LogP contribution in [0.5, 0.6) is 0 Å². The van der Waals surface area contributed by atoms with Crippen LogP contribution in [-0.4, -0.2) is 0 Å². The van der Waals surface area contributed by atoms with Gasteiger partial charge in [0, 0.05) is 0 Å². The Bertz CT molecular complexity index is 280. The van der Waals surface area contributed by atoms with Crippen molar-refractivity contribution in [1.82, 2.24) is 0 Å². The highest BCUT2D eigenvalue weighted by atomic mass is 14.5. The molecule has 1 fully saturated rings. The van der Waals surface area contributed by atoms with Crippen LogP contribution >= 0.6 is 0 Å². The highest BCUT2D eigenvalue weighted by Gasteiger charge is 2.45. The SMILES string of the molecule is C.CC(C)(C)CC1(C)CC(C(C)(C)C)CC(C)(C)C1. The van der Waals surface area contributed by atoms with Gasteiger partial charge in [0.25, 0.3) is 0 Å². The maximum absolute atomic E-state index is 2.54. The Hall–Kier alpha value is 0. The molecule has 0 amide bonds. The standard InChI is InChI=1S/C18H36.CH4/c1-15(2,3)12-18(9)11-14(16(4,5)6)10-17(7,8)13-18;/h14H,10-13H2,1-9H3;1H4. The predicted molar refractivity (Wildman–Crippen MR) is 89.5 cm³/mol. The van der Waals surface area contributed by atoms with Crippen molar-refractivity contribution in [2.75, 3.05) is 0 Å². The van der Waals surface area contributed by atoms with E-state index < -0.39 is 0 Å². The molecule has 0 spiro atoms. The van der Waals surface area contributed by atoms with Gasteiger partial charge in [-0.3, -0.25) is 0 Å². The molecule has 0 aromatic heterocycles. The highest BCUT2D eigenvalue weighted by molar-refractivity contribution is 4.96. The van der Waals surface area contributed by atoms with Crippen molar-refractivity contribution < 1.29 is 0 Å². The van der Waals surface area contributed by atoms with Crippen LogP contribution in [0, 0.1) is 27.6 Å². The first-order valence-corrected chi connectivity index (χ1v) is 7.73. The van der Waals surface area contributed by atoms with Crippen LogP contribution in [0.1, 0.15) is 95.4 Å². The summed E-state index contributed by atoms with van der Waals surface area (Å²) in [7, 11) is 0. The molecule has 1 rings (SSSR count). The van der Waals surface area contributed by atoms with Crippen molar-refractivity contribution in [3.05, 3.63) is 0 Å². The van der Waals surface area contributed by atoms with Crippen molar-refractivity contribution in [3.63, 3.8) is 0 Å². The normalized spacial score (nSPS) is 31.7. The topological polar surface area (TPSA) is 0 Å². The van der Waals surface area contributed by atoms with Crippen molar-refractivity contribution in [2.24, 2.45) is 27.6 Å². The van der Waals surface area contributed by atoms with Crippen LogP contribution in [0.15, 0.2) is 0 Å². The molecular formula is C19H40. The molecule has 2 atom stereocenters. The molecule has 0 heterocycles. The summed E-state index contributed by atoms with van der Waals surface area (Å²) in [6.45, 7) is 22.0. The quantitative estimate of drug-likeness (QED) is 0.483. The molecule has 2 unspecified atom stereocenters. The Kier molecular flexibility index (Phi) is 5.41. The molecule has 0 N–H and O–H groups in total. The van der Waals surface area contributed by atoms with Gasteiger partial charge in [-0.25, -0.2) is 0 Å². The van der Waals surface area contributed by atoms with Gasteiger partial charge in [0.1, 0.15) is 0 Å². The smallest absolute Gasteiger partial charge is 0.0313 e. The molecule has 0 radical (unpaired) electrons. The lowest BCUT2D eigenvalue weighted by molar-refractivity contribution is -0.0146. The van der Waals surface area contributed by atoms with Crippen LogP contribution < -0.4 is 0 Å². The minimum Gasteiger partial charge on any atom is -0.0776 e. The molecule has 0 aromatic rings. The predicted octanol–water partition coefficient (Wildman–Crippen LogP) is 6.94. The summed E-state index contributed by atoms with van der Waals surface area (Å²) in [5.74, 6) is 0.869. The van der Waals surface area contributed by atoms with Crippen molar-refractivity contribution >= 4 is 0 Å². The lowest BCUT2D eigenvalue weighted by Gasteiger charge is -2.52. The summed E-state index contributed by atoms with van der Waals surface area (Å²) in [4.78, 5) is 0. The molecule has 0 bridgehead atoms.